The Morgan fingerprint density at radius 1 is 1.08 bits per heavy atom. The van der Waals surface area contributed by atoms with E-state index in [2.05, 4.69) is 15.9 Å². The van der Waals surface area contributed by atoms with Gasteiger partial charge in [-0.3, -0.25) is 9.59 Å². The summed E-state index contributed by atoms with van der Waals surface area (Å²) >= 11 is 3.42. The average molecular weight is 385 g/mol. The third-order valence-electron chi connectivity index (χ3n) is 4.33. The molecule has 2 aromatic rings. The van der Waals surface area contributed by atoms with E-state index >= 15 is 0 Å². The summed E-state index contributed by atoms with van der Waals surface area (Å²) in [6.45, 7) is 0. The fourth-order valence-electron chi connectivity index (χ4n) is 3.10. The zero-order chi connectivity index (χ0) is 17.1. The molecule has 0 heterocycles. The molecule has 1 aliphatic rings. The molecule has 2 unspecified atom stereocenters. The molecular weight excluding hydrogens is 368 g/mol. The highest BCUT2D eigenvalue weighted by Crippen LogP contribution is 2.38. The maximum absolute atomic E-state index is 13.0. The third-order valence-corrected chi connectivity index (χ3v) is 4.86. The maximum Gasteiger partial charge on any atom is 0.174 e. The molecule has 122 valence electrons. The van der Waals surface area contributed by atoms with Crippen molar-refractivity contribution in [3.63, 3.8) is 0 Å². The number of benzene rings is 2. The second-order valence-electron chi connectivity index (χ2n) is 5.79. The number of allylic oxidation sites excluding steroid dienone is 2. The van der Waals surface area contributed by atoms with E-state index in [9.17, 15) is 9.59 Å². The van der Waals surface area contributed by atoms with Crippen LogP contribution in [0, 0.1) is 5.92 Å². The van der Waals surface area contributed by atoms with E-state index in [1.54, 1.807) is 19.2 Å². The van der Waals surface area contributed by atoms with Gasteiger partial charge in [0.2, 0.25) is 0 Å². The number of hydrogen-bond donors (Lipinski definition) is 0. The van der Waals surface area contributed by atoms with Crippen molar-refractivity contribution in [1.82, 2.24) is 0 Å². The summed E-state index contributed by atoms with van der Waals surface area (Å²) in [4.78, 5) is 25.6. The van der Waals surface area contributed by atoms with Gasteiger partial charge < -0.3 is 4.74 Å². The molecule has 24 heavy (non-hydrogen) atoms. The zero-order valence-corrected chi connectivity index (χ0v) is 14.8. The van der Waals surface area contributed by atoms with Crippen molar-refractivity contribution < 1.29 is 14.3 Å². The number of hydrogen-bond acceptors (Lipinski definition) is 3. The van der Waals surface area contributed by atoms with E-state index < -0.39 is 5.92 Å². The van der Waals surface area contributed by atoms with Gasteiger partial charge in [0.1, 0.15) is 0 Å². The first-order chi connectivity index (χ1) is 11.6. The fourth-order valence-corrected chi connectivity index (χ4v) is 3.36. The van der Waals surface area contributed by atoms with Crippen molar-refractivity contribution in [2.75, 3.05) is 7.11 Å². The summed E-state index contributed by atoms with van der Waals surface area (Å²) in [7, 11) is 1.55. The summed E-state index contributed by atoms with van der Waals surface area (Å²) in [5, 5.41) is 0. The van der Waals surface area contributed by atoms with Crippen molar-refractivity contribution in [3.8, 4) is 0 Å². The number of carbonyl (C=O) groups excluding carboxylic acids is 2. The zero-order valence-electron chi connectivity index (χ0n) is 13.2. The van der Waals surface area contributed by atoms with E-state index in [0.717, 1.165) is 10.0 Å². The van der Waals surface area contributed by atoms with Crippen LogP contribution in [0.4, 0.5) is 0 Å². The summed E-state index contributed by atoms with van der Waals surface area (Å²) < 4.78 is 6.25. The molecule has 0 aliphatic heterocycles. The van der Waals surface area contributed by atoms with Crippen molar-refractivity contribution >= 4 is 27.5 Å². The topological polar surface area (TPSA) is 43.4 Å². The van der Waals surface area contributed by atoms with Crippen LogP contribution in [0.2, 0.25) is 0 Å². The van der Waals surface area contributed by atoms with Crippen LogP contribution in [0.3, 0.4) is 0 Å². The van der Waals surface area contributed by atoms with Gasteiger partial charge in [0, 0.05) is 28.5 Å². The lowest BCUT2D eigenvalue weighted by atomic mass is 9.73. The van der Waals surface area contributed by atoms with E-state index in [4.69, 9.17) is 4.74 Å². The Bertz CT molecular complexity index is 778. The van der Waals surface area contributed by atoms with E-state index in [0.29, 0.717) is 17.7 Å². The Hall–Kier alpha value is -2.20. The molecule has 0 radical (unpaired) electrons. The SMILES string of the molecule is COC1=CC(=O)C(C(=O)c2ccccc2)C(c2ccc(Br)cc2)C1. The predicted octanol–water partition coefficient (Wildman–Crippen LogP) is 4.53. The quantitative estimate of drug-likeness (QED) is 0.574. The minimum Gasteiger partial charge on any atom is -0.501 e. The molecule has 3 rings (SSSR count). The predicted molar refractivity (Wildman–Crippen MR) is 95.9 cm³/mol. The van der Waals surface area contributed by atoms with E-state index in [1.807, 2.05) is 42.5 Å². The molecule has 1 aliphatic carbocycles. The van der Waals surface area contributed by atoms with Gasteiger partial charge in [0.15, 0.2) is 11.6 Å². The van der Waals surface area contributed by atoms with Crippen LogP contribution in [-0.2, 0) is 9.53 Å². The maximum atomic E-state index is 13.0. The van der Waals surface area contributed by atoms with E-state index in [1.165, 1.54) is 6.08 Å². The molecule has 0 aromatic heterocycles. The van der Waals surface area contributed by atoms with Crippen LogP contribution in [0.5, 0.6) is 0 Å². The number of Topliss-reactive ketones (excluding diaryl/α,β-unsaturated/α-hetero) is 1. The lowest BCUT2D eigenvalue weighted by Gasteiger charge is -2.29. The Morgan fingerprint density at radius 2 is 1.75 bits per heavy atom. The second-order valence-corrected chi connectivity index (χ2v) is 6.70. The average Bonchev–Trinajstić information content (AvgIpc) is 2.62. The molecule has 0 fully saturated rings. The fraction of sp³-hybridized carbons (Fsp3) is 0.200. The smallest absolute Gasteiger partial charge is 0.174 e. The minimum absolute atomic E-state index is 0.139. The van der Waals surface area contributed by atoms with Gasteiger partial charge in [-0.2, -0.15) is 0 Å². The summed E-state index contributed by atoms with van der Waals surface area (Å²) in [5.41, 5.74) is 1.52. The number of halogens is 1. The van der Waals surface area contributed by atoms with Crippen molar-refractivity contribution in [2.24, 2.45) is 5.92 Å². The van der Waals surface area contributed by atoms with Crippen LogP contribution < -0.4 is 0 Å². The Balaban J connectivity index is 2.02. The summed E-state index contributed by atoms with van der Waals surface area (Å²) in [5.74, 6) is -0.657. The molecular formula is C20H17BrO3. The molecule has 0 amide bonds. The first-order valence-electron chi connectivity index (χ1n) is 7.73. The standard InChI is InChI=1S/C20H17BrO3/c1-24-16-11-17(13-7-9-15(21)10-8-13)19(18(22)12-16)20(23)14-5-3-2-4-6-14/h2-10,12,17,19H,11H2,1H3. The molecule has 2 atom stereocenters. The van der Waals surface area contributed by atoms with Crippen LogP contribution >= 0.6 is 15.9 Å². The van der Waals surface area contributed by atoms with Crippen molar-refractivity contribution in [1.29, 1.82) is 0 Å². The van der Waals surface area contributed by atoms with Crippen LogP contribution in [-0.4, -0.2) is 18.7 Å². The normalized spacial score (nSPS) is 20.4. The number of carbonyl (C=O) groups is 2. The Labute approximate surface area is 149 Å². The molecule has 2 aromatic carbocycles. The molecule has 0 saturated carbocycles. The van der Waals surface area contributed by atoms with E-state index in [-0.39, 0.29) is 17.5 Å². The Morgan fingerprint density at radius 3 is 2.38 bits per heavy atom. The largest absolute Gasteiger partial charge is 0.501 e. The number of ketones is 2. The summed E-state index contributed by atoms with van der Waals surface area (Å²) in [6, 6.07) is 16.7. The molecule has 0 saturated heterocycles. The first-order valence-corrected chi connectivity index (χ1v) is 8.52. The molecule has 4 heteroatoms. The lowest BCUT2D eigenvalue weighted by molar-refractivity contribution is -0.118. The van der Waals surface area contributed by atoms with Gasteiger partial charge >= 0.3 is 0 Å². The Kier molecular flexibility index (Phi) is 4.95. The van der Waals surface area contributed by atoms with Crippen LogP contribution in [0.15, 0.2) is 70.9 Å². The van der Waals surface area contributed by atoms with Gasteiger partial charge in [0.25, 0.3) is 0 Å². The van der Waals surface area contributed by atoms with Gasteiger partial charge in [0.05, 0.1) is 18.8 Å². The van der Waals surface area contributed by atoms with Crippen LogP contribution in [0.1, 0.15) is 28.3 Å². The van der Waals surface area contributed by atoms with Crippen LogP contribution in [0.25, 0.3) is 0 Å². The first kappa shape index (κ1) is 16.7. The summed E-state index contributed by atoms with van der Waals surface area (Å²) in [6.07, 6.45) is 1.99. The molecule has 3 nitrogen and oxygen atoms in total. The van der Waals surface area contributed by atoms with Gasteiger partial charge in [-0.1, -0.05) is 58.4 Å². The number of ether oxygens (including phenoxy) is 1. The van der Waals surface area contributed by atoms with Crippen molar-refractivity contribution in [3.05, 3.63) is 82.0 Å². The van der Waals surface area contributed by atoms with Crippen molar-refractivity contribution in [2.45, 2.75) is 12.3 Å². The monoisotopic (exact) mass is 384 g/mol. The minimum atomic E-state index is -0.715. The molecule has 0 spiro atoms. The highest BCUT2D eigenvalue weighted by atomic mass is 79.9. The number of rotatable bonds is 4. The lowest BCUT2D eigenvalue weighted by Crippen LogP contribution is -2.33. The molecule has 0 bridgehead atoms. The second kappa shape index (κ2) is 7.14. The van der Waals surface area contributed by atoms with Gasteiger partial charge in [-0.25, -0.2) is 0 Å². The van der Waals surface area contributed by atoms with Gasteiger partial charge in [-0.05, 0) is 17.7 Å². The highest BCUT2D eigenvalue weighted by molar-refractivity contribution is 9.10. The van der Waals surface area contributed by atoms with Gasteiger partial charge in [-0.15, -0.1) is 0 Å². The third kappa shape index (κ3) is 3.34. The molecule has 0 N–H and O–H groups in total. The highest BCUT2D eigenvalue weighted by Gasteiger charge is 2.39. The number of methoxy groups -OCH3 is 1.